The Kier molecular flexibility index (Phi) is 2.54. The zero-order valence-electron chi connectivity index (χ0n) is 7.94. The van der Waals surface area contributed by atoms with Crippen LogP contribution in [0, 0.1) is 0 Å². The molecule has 0 aromatic heterocycles. The van der Waals surface area contributed by atoms with E-state index in [-0.39, 0.29) is 0 Å². The van der Waals surface area contributed by atoms with Gasteiger partial charge in [-0.3, -0.25) is 0 Å². The molecule has 0 fully saturated rings. The SMILES string of the molecule is Nc1ccccc1OC1=CC=CCC1. The fourth-order valence-corrected chi connectivity index (χ4v) is 1.38. The van der Waals surface area contributed by atoms with Gasteiger partial charge in [-0.1, -0.05) is 24.3 Å². The summed E-state index contributed by atoms with van der Waals surface area (Å²) in [5.41, 5.74) is 6.45. The Hall–Kier alpha value is -1.70. The molecule has 2 rings (SSSR count). The number of hydrogen-bond donors (Lipinski definition) is 1. The van der Waals surface area contributed by atoms with Crippen molar-refractivity contribution < 1.29 is 4.74 Å². The van der Waals surface area contributed by atoms with E-state index in [0.29, 0.717) is 5.69 Å². The Morgan fingerprint density at radius 1 is 1.21 bits per heavy atom. The minimum atomic E-state index is 0.683. The van der Waals surface area contributed by atoms with Crippen molar-refractivity contribution in [3.8, 4) is 5.75 Å². The maximum Gasteiger partial charge on any atom is 0.149 e. The Morgan fingerprint density at radius 2 is 2.07 bits per heavy atom. The van der Waals surface area contributed by atoms with Crippen molar-refractivity contribution in [3.05, 3.63) is 48.3 Å². The number of anilines is 1. The second-order valence-electron chi connectivity index (χ2n) is 3.24. The van der Waals surface area contributed by atoms with E-state index < -0.39 is 0 Å². The molecule has 0 radical (unpaired) electrons. The average Bonchev–Trinajstić information content (AvgIpc) is 2.23. The van der Waals surface area contributed by atoms with Crippen LogP contribution in [0.1, 0.15) is 12.8 Å². The summed E-state index contributed by atoms with van der Waals surface area (Å²) in [4.78, 5) is 0. The number of hydrogen-bond acceptors (Lipinski definition) is 2. The maximum atomic E-state index is 5.77. The van der Waals surface area contributed by atoms with Crippen LogP contribution in [0.3, 0.4) is 0 Å². The lowest BCUT2D eigenvalue weighted by atomic mass is 10.1. The lowest BCUT2D eigenvalue weighted by molar-refractivity contribution is 0.404. The van der Waals surface area contributed by atoms with Crippen molar-refractivity contribution in [2.75, 3.05) is 5.73 Å². The summed E-state index contributed by atoms with van der Waals surface area (Å²) in [6.07, 6.45) is 8.11. The van der Waals surface area contributed by atoms with Crippen LogP contribution in [-0.4, -0.2) is 0 Å². The highest BCUT2D eigenvalue weighted by atomic mass is 16.5. The number of allylic oxidation sites excluding steroid dienone is 4. The highest BCUT2D eigenvalue weighted by Crippen LogP contribution is 2.24. The van der Waals surface area contributed by atoms with Gasteiger partial charge in [0.2, 0.25) is 0 Å². The fraction of sp³-hybridized carbons (Fsp3) is 0.167. The predicted molar refractivity (Wildman–Crippen MR) is 57.9 cm³/mol. The lowest BCUT2D eigenvalue weighted by Gasteiger charge is -2.12. The molecule has 1 aliphatic carbocycles. The van der Waals surface area contributed by atoms with Crippen LogP contribution in [0.4, 0.5) is 5.69 Å². The lowest BCUT2D eigenvalue weighted by Crippen LogP contribution is -1.99. The van der Waals surface area contributed by atoms with E-state index in [2.05, 4.69) is 6.08 Å². The molecule has 2 nitrogen and oxygen atoms in total. The highest BCUT2D eigenvalue weighted by Gasteiger charge is 2.04. The van der Waals surface area contributed by atoms with E-state index in [1.54, 1.807) is 0 Å². The first kappa shape index (κ1) is 8.88. The molecular formula is C12H13NO. The third-order valence-corrected chi connectivity index (χ3v) is 2.14. The molecule has 72 valence electrons. The largest absolute Gasteiger partial charge is 0.460 e. The van der Waals surface area contributed by atoms with Gasteiger partial charge in [-0.2, -0.15) is 0 Å². The summed E-state index contributed by atoms with van der Waals surface area (Å²) in [7, 11) is 0. The molecule has 1 aliphatic rings. The third-order valence-electron chi connectivity index (χ3n) is 2.14. The summed E-state index contributed by atoms with van der Waals surface area (Å²) in [6.45, 7) is 0. The van der Waals surface area contributed by atoms with Crippen LogP contribution in [0.2, 0.25) is 0 Å². The number of nitrogen functional groups attached to an aromatic ring is 1. The maximum absolute atomic E-state index is 5.77. The Balaban J connectivity index is 2.14. The fourth-order valence-electron chi connectivity index (χ4n) is 1.38. The van der Waals surface area contributed by atoms with Gasteiger partial charge in [0, 0.05) is 6.42 Å². The van der Waals surface area contributed by atoms with Crippen molar-refractivity contribution in [3.63, 3.8) is 0 Å². The highest BCUT2D eigenvalue weighted by molar-refractivity contribution is 5.52. The Labute approximate surface area is 83.7 Å². The van der Waals surface area contributed by atoms with Gasteiger partial charge < -0.3 is 10.5 Å². The molecule has 0 spiro atoms. The molecule has 0 heterocycles. The van der Waals surface area contributed by atoms with Crippen LogP contribution in [0.15, 0.2) is 48.3 Å². The molecule has 0 saturated carbocycles. The summed E-state index contributed by atoms with van der Waals surface area (Å²) < 4.78 is 5.67. The first-order valence-corrected chi connectivity index (χ1v) is 4.74. The van der Waals surface area contributed by atoms with Crippen molar-refractivity contribution in [1.82, 2.24) is 0 Å². The number of rotatable bonds is 2. The Bertz CT molecular complexity index is 380. The molecule has 2 N–H and O–H groups in total. The third kappa shape index (κ3) is 1.96. The molecular weight excluding hydrogens is 174 g/mol. The van der Waals surface area contributed by atoms with Crippen LogP contribution >= 0.6 is 0 Å². The monoisotopic (exact) mass is 187 g/mol. The predicted octanol–water partition coefficient (Wildman–Crippen LogP) is 2.88. The number of nitrogens with two attached hydrogens (primary N) is 1. The van der Waals surface area contributed by atoms with Crippen molar-refractivity contribution in [1.29, 1.82) is 0 Å². The standard InChI is InChI=1S/C12H13NO/c13-11-8-4-5-9-12(11)14-10-6-2-1-3-7-10/h1-2,4-6,8-9H,3,7,13H2. The summed E-state index contributed by atoms with van der Waals surface area (Å²) in [5.74, 6) is 1.72. The molecule has 0 unspecified atom stereocenters. The number of ether oxygens (including phenoxy) is 1. The minimum Gasteiger partial charge on any atom is -0.460 e. The summed E-state index contributed by atoms with van der Waals surface area (Å²) >= 11 is 0. The minimum absolute atomic E-state index is 0.683. The molecule has 0 atom stereocenters. The Morgan fingerprint density at radius 3 is 2.79 bits per heavy atom. The normalized spacial score (nSPS) is 15.0. The van der Waals surface area contributed by atoms with Crippen LogP contribution in [0.25, 0.3) is 0 Å². The topological polar surface area (TPSA) is 35.2 Å². The second kappa shape index (κ2) is 4.01. The molecule has 0 aliphatic heterocycles. The number of para-hydroxylation sites is 2. The molecule has 1 aromatic rings. The van der Waals surface area contributed by atoms with Crippen LogP contribution < -0.4 is 10.5 Å². The van der Waals surface area contributed by atoms with Crippen molar-refractivity contribution in [2.45, 2.75) is 12.8 Å². The molecule has 2 heteroatoms. The smallest absolute Gasteiger partial charge is 0.149 e. The first-order chi connectivity index (χ1) is 6.86. The quantitative estimate of drug-likeness (QED) is 0.722. The molecule has 1 aromatic carbocycles. The summed E-state index contributed by atoms with van der Waals surface area (Å²) in [5, 5.41) is 0. The average molecular weight is 187 g/mol. The van der Waals surface area contributed by atoms with Gasteiger partial charge in [-0.25, -0.2) is 0 Å². The van der Waals surface area contributed by atoms with Crippen LogP contribution in [-0.2, 0) is 0 Å². The molecule has 0 saturated heterocycles. The van der Waals surface area contributed by atoms with Crippen LogP contribution in [0.5, 0.6) is 5.75 Å². The van der Waals surface area contributed by atoms with Gasteiger partial charge in [-0.05, 0) is 24.6 Å². The van der Waals surface area contributed by atoms with E-state index in [9.17, 15) is 0 Å². The molecule has 0 bridgehead atoms. The van der Waals surface area contributed by atoms with E-state index in [4.69, 9.17) is 10.5 Å². The number of benzene rings is 1. The zero-order valence-corrected chi connectivity index (χ0v) is 7.94. The second-order valence-corrected chi connectivity index (χ2v) is 3.24. The van der Waals surface area contributed by atoms with Gasteiger partial charge in [0.25, 0.3) is 0 Å². The summed E-state index contributed by atoms with van der Waals surface area (Å²) in [6, 6.07) is 7.55. The zero-order chi connectivity index (χ0) is 9.80. The molecule has 14 heavy (non-hydrogen) atoms. The first-order valence-electron chi connectivity index (χ1n) is 4.74. The van der Waals surface area contributed by atoms with Gasteiger partial charge in [0.15, 0.2) is 0 Å². The van der Waals surface area contributed by atoms with Gasteiger partial charge in [0.05, 0.1) is 5.69 Å². The van der Waals surface area contributed by atoms with E-state index in [1.807, 2.05) is 36.4 Å². The van der Waals surface area contributed by atoms with Gasteiger partial charge in [0.1, 0.15) is 11.5 Å². The molecule has 0 amide bonds. The van der Waals surface area contributed by atoms with E-state index >= 15 is 0 Å². The van der Waals surface area contributed by atoms with E-state index in [1.165, 1.54) is 0 Å². The van der Waals surface area contributed by atoms with E-state index in [0.717, 1.165) is 24.4 Å². The van der Waals surface area contributed by atoms with Gasteiger partial charge in [-0.15, -0.1) is 0 Å². The van der Waals surface area contributed by atoms with Crippen molar-refractivity contribution >= 4 is 5.69 Å². The van der Waals surface area contributed by atoms with Crippen molar-refractivity contribution in [2.24, 2.45) is 0 Å². The van der Waals surface area contributed by atoms with Gasteiger partial charge >= 0.3 is 0 Å².